The van der Waals surface area contributed by atoms with Crippen molar-refractivity contribution in [2.45, 2.75) is 25.5 Å². The third-order valence-corrected chi connectivity index (χ3v) is 2.11. The molecule has 0 aliphatic carbocycles. The van der Waals surface area contributed by atoms with Gasteiger partial charge in [0.2, 0.25) is 0 Å². The largest absolute Gasteiger partial charge is 0.449 e. The number of cyclic esters (lactones) is 1. The Morgan fingerprint density at radius 1 is 1.77 bits per heavy atom. The lowest BCUT2D eigenvalue weighted by Gasteiger charge is -2.29. The van der Waals surface area contributed by atoms with Crippen LogP contribution in [-0.2, 0) is 4.74 Å². The van der Waals surface area contributed by atoms with Gasteiger partial charge in [0.1, 0.15) is 0 Å². The van der Waals surface area contributed by atoms with Gasteiger partial charge in [0.05, 0.1) is 12.7 Å². The highest BCUT2D eigenvalue weighted by Gasteiger charge is 2.23. The molecule has 1 fully saturated rings. The monoisotopic (exact) mass is 188 g/mol. The second-order valence-corrected chi connectivity index (χ2v) is 3.32. The Morgan fingerprint density at radius 2 is 2.46 bits per heavy atom. The molecule has 0 saturated carbocycles. The van der Waals surface area contributed by atoms with Gasteiger partial charge in [0.25, 0.3) is 0 Å². The van der Waals surface area contributed by atoms with Crippen LogP contribution in [0, 0.1) is 0 Å². The van der Waals surface area contributed by atoms with Gasteiger partial charge in [-0.05, 0) is 13.3 Å². The van der Waals surface area contributed by atoms with Crippen molar-refractivity contribution in [2.75, 3.05) is 19.7 Å². The molecule has 1 saturated heterocycles. The minimum atomic E-state index is -0.602. The third-order valence-electron chi connectivity index (χ3n) is 2.11. The summed E-state index contributed by atoms with van der Waals surface area (Å²) in [6.07, 6.45) is -0.102. The number of hydrogen-bond donors (Lipinski definition) is 2. The van der Waals surface area contributed by atoms with Crippen LogP contribution in [0.15, 0.2) is 0 Å². The van der Waals surface area contributed by atoms with Crippen LogP contribution < -0.4 is 5.73 Å². The molecule has 0 aromatic rings. The number of ether oxygens (including phenoxy) is 1. The zero-order chi connectivity index (χ0) is 9.84. The van der Waals surface area contributed by atoms with E-state index >= 15 is 0 Å². The summed E-state index contributed by atoms with van der Waals surface area (Å²) < 4.78 is 4.82. The first-order valence-electron chi connectivity index (χ1n) is 4.46. The first-order chi connectivity index (χ1) is 6.11. The van der Waals surface area contributed by atoms with Crippen molar-refractivity contribution in [3.63, 3.8) is 0 Å². The van der Waals surface area contributed by atoms with Crippen LogP contribution in [0.5, 0.6) is 0 Å². The lowest BCUT2D eigenvalue weighted by molar-refractivity contribution is 0.0607. The molecule has 0 radical (unpaired) electrons. The molecule has 13 heavy (non-hydrogen) atoms. The summed E-state index contributed by atoms with van der Waals surface area (Å²) in [4.78, 5) is 12.6. The Labute approximate surface area is 77.5 Å². The zero-order valence-electron chi connectivity index (χ0n) is 7.77. The Hall–Kier alpha value is -0.810. The van der Waals surface area contributed by atoms with Crippen molar-refractivity contribution in [1.82, 2.24) is 4.90 Å². The number of amides is 1. The van der Waals surface area contributed by atoms with Crippen LogP contribution in [0.25, 0.3) is 0 Å². The van der Waals surface area contributed by atoms with E-state index in [0.29, 0.717) is 19.7 Å². The molecule has 1 heterocycles. The molecule has 0 aromatic heterocycles. The van der Waals surface area contributed by atoms with E-state index in [2.05, 4.69) is 0 Å². The minimum Gasteiger partial charge on any atom is -0.449 e. The number of nitrogens with zero attached hydrogens (tertiary/aromatic N) is 1. The zero-order valence-corrected chi connectivity index (χ0v) is 7.77. The van der Waals surface area contributed by atoms with Gasteiger partial charge in [0, 0.05) is 19.1 Å². The smallest absolute Gasteiger partial charge is 0.409 e. The highest BCUT2D eigenvalue weighted by atomic mass is 16.6. The number of aliphatic hydroxyl groups excluding tert-OH is 1. The fourth-order valence-corrected chi connectivity index (χ4v) is 1.17. The van der Waals surface area contributed by atoms with Gasteiger partial charge in [-0.25, -0.2) is 4.79 Å². The first kappa shape index (κ1) is 10.3. The van der Waals surface area contributed by atoms with Crippen molar-refractivity contribution >= 4 is 6.09 Å². The molecule has 76 valence electrons. The summed E-state index contributed by atoms with van der Waals surface area (Å²) in [6.45, 7) is 3.12. The fourth-order valence-electron chi connectivity index (χ4n) is 1.17. The molecular weight excluding hydrogens is 172 g/mol. The van der Waals surface area contributed by atoms with Gasteiger partial charge in [-0.3, -0.25) is 0 Å². The summed E-state index contributed by atoms with van der Waals surface area (Å²) in [6, 6.07) is -0.398. The molecule has 0 bridgehead atoms. The number of carbonyl (C=O) groups excluding carboxylic acids is 1. The van der Waals surface area contributed by atoms with Crippen LogP contribution >= 0.6 is 0 Å². The Morgan fingerprint density at radius 3 is 3.00 bits per heavy atom. The van der Waals surface area contributed by atoms with E-state index in [0.717, 1.165) is 6.42 Å². The molecular formula is C8H16N2O3. The number of carbonyl (C=O) groups is 1. The first-order valence-corrected chi connectivity index (χ1v) is 4.46. The molecule has 0 aromatic carbocycles. The molecule has 3 N–H and O–H groups in total. The Bertz CT molecular complexity index is 184. The van der Waals surface area contributed by atoms with Gasteiger partial charge >= 0.3 is 6.09 Å². The molecule has 5 nitrogen and oxygen atoms in total. The van der Waals surface area contributed by atoms with Crippen molar-refractivity contribution in [2.24, 2.45) is 5.73 Å². The van der Waals surface area contributed by atoms with Gasteiger partial charge in [-0.15, -0.1) is 0 Å². The van der Waals surface area contributed by atoms with Gasteiger partial charge in [-0.2, -0.15) is 0 Å². The highest BCUT2D eigenvalue weighted by Crippen LogP contribution is 2.05. The summed E-state index contributed by atoms with van der Waals surface area (Å²) in [5, 5.41) is 9.13. The average molecular weight is 188 g/mol. The van der Waals surface area contributed by atoms with E-state index < -0.39 is 12.1 Å². The highest BCUT2D eigenvalue weighted by molar-refractivity contribution is 5.68. The van der Waals surface area contributed by atoms with Crippen LogP contribution in [0.2, 0.25) is 0 Å². The van der Waals surface area contributed by atoms with Crippen molar-refractivity contribution in [1.29, 1.82) is 0 Å². The summed E-state index contributed by atoms with van der Waals surface area (Å²) >= 11 is 0. The van der Waals surface area contributed by atoms with E-state index in [4.69, 9.17) is 15.6 Å². The van der Waals surface area contributed by atoms with Crippen LogP contribution in [0.4, 0.5) is 4.79 Å². The lowest BCUT2D eigenvalue weighted by Crippen LogP contribution is -2.48. The molecule has 0 spiro atoms. The van der Waals surface area contributed by atoms with Crippen LogP contribution in [0.3, 0.4) is 0 Å². The van der Waals surface area contributed by atoms with Crippen molar-refractivity contribution in [3.8, 4) is 0 Å². The summed E-state index contributed by atoms with van der Waals surface area (Å²) in [7, 11) is 0. The molecule has 1 aliphatic heterocycles. The van der Waals surface area contributed by atoms with E-state index in [1.54, 1.807) is 6.92 Å². The number of nitrogens with two attached hydrogens (primary N) is 1. The lowest BCUT2D eigenvalue weighted by atomic mass is 10.2. The maximum absolute atomic E-state index is 11.1. The number of aliphatic hydroxyl groups is 1. The predicted octanol–water partition coefficient (Wildman–Crippen LogP) is -0.463. The topological polar surface area (TPSA) is 75.8 Å². The Kier molecular flexibility index (Phi) is 3.50. The summed E-state index contributed by atoms with van der Waals surface area (Å²) in [5.41, 5.74) is 5.61. The van der Waals surface area contributed by atoms with E-state index in [1.807, 2.05) is 0 Å². The summed E-state index contributed by atoms with van der Waals surface area (Å²) in [5.74, 6) is 0. The predicted molar refractivity (Wildman–Crippen MR) is 47.2 cm³/mol. The maximum Gasteiger partial charge on any atom is 0.409 e. The molecule has 2 unspecified atom stereocenters. The average Bonchev–Trinajstić information content (AvgIpc) is 2.08. The van der Waals surface area contributed by atoms with Crippen LogP contribution in [0.1, 0.15) is 13.3 Å². The van der Waals surface area contributed by atoms with E-state index in [9.17, 15) is 4.79 Å². The van der Waals surface area contributed by atoms with Crippen LogP contribution in [-0.4, -0.2) is 47.9 Å². The van der Waals surface area contributed by atoms with E-state index in [-0.39, 0.29) is 6.09 Å². The van der Waals surface area contributed by atoms with Gasteiger partial charge in [0.15, 0.2) is 0 Å². The SMILES string of the molecule is CC(O)C(N)CN1CCCOC1=O. The quantitative estimate of drug-likeness (QED) is 0.628. The normalized spacial score (nSPS) is 22.4. The molecule has 1 amide bonds. The molecule has 2 atom stereocenters. The third kappa shape index (κ3) is 2.86. The fraction of sp³-hybridized carbons (Fsp3) is 0.875. The number of rotatable bonds is 3. The maximum atomic E-state index is 11.1. The molecule has 1 rings (SSSR count). The Balaban J connectivity index is 2.38. The van der Waals surface area contributed by atoms with Crippen molar-refractivity contribution < 1.29 is 14.6 Å². The van der Waals surface area contributed by atoms with Crippen molar-refractivity contribution in [3.05, 3.63) is 0 Å². The van der Waals surface area contributed by atoms with Gasteiger partial charge < -0.3 is 20.5 Å². The standard InChI is InChI=1S/C8H16N2O3/c1-6(11)7(9)5-10-3-2-4-13-8(10)12/h6-7,11H,2-5,9H2,1H3. The van der Waals surface area contributed by atoms with Gasteiger partial charge in [-0.1, -0.05) is 0 Å². The minimum absolute atomic E-state index is 0.331. The number of hydrogen-bond acceptors (Lipinski definition) is 4. The molecule has 1 aliphatic rings. The van der Waals surface area contributed by atoms with E-state index in [1.165, 1.54) is 4.90 Å². The second kappa shape index (κ2) is 4.43. The second-order valence-electron chi connectivity index (χ2n) is 3.32. The molecule has 5 heteroatoms.